The fraction of sp³-hybridized carbons (Fsp3) is 0.263. The maximum absolute atomic E-state index is 4.48. The van der Waals surface area contributed by atoms with E-state index >= 15 is 0 Å². The Labute approximate surface area is 128 Å². The third-order valence-electron chi connectivity index (χ3n) is 2.99. The average Bonchev–Trinajstić information content (AvgIpc) is 2.44. The molecule has 0 atom stereocenters. The summed E-state index contributed by atoms with van der Waals surface area (Å²) in [5.74, 6) is 0. The minimum Gasteiger partial charge on any atom is -0.258 e. The molecule has 0 radical (unpaired) electrons. The molecule has 2 heteroatoms. The highest BCUT2D eigenvalue weighted by Gasteiger charge is 1.99. The normalized spacial score (nSPS) is 14.3. The first-order valence-corrected chi connectivity index (χ1v) is 7.11. The van der Waals surface area contributed by atoms with Crippen LogP contribution in [0.1, 0.15) is 38.8 Å². The van der Waals surface area contributed by atoms with Crippen LogP contribution in [0.2, 0.25) is 0 Å². The minimum absolute atomic E-state index is 0.925. The van der Waals surface area contributed by atoms with Gasteiger partial charge in [0.2, 0.25) is 0 Å². The summed E-state index contributed by atoms with van der Waals surface area (Å²) in [5.41, 5.74) is 6.58. The molecular formula is C19H24N2. The van der Waals surface area contributed by atoms with Crippen molar-refractivity contribution in [1.29, 1.82) is 0 Å². The van der Waals surface area contributed by atoms with Gasteiger partial charge in [0.15, 0.2) is 0 Å². The quantitative estimate of drug-likeness (QED) is 0.675. The minimum atomic E-state index is 0.925. The van der Waals surface area contributed by atoms with Crippen molar-refractivity contribution < 1.29 is 0 Å². The SMILES string of the molecule is C=CC(=N/C(C)=C\C)c1cccc(C)c1.CC1=CC(C)=N1. The third kappa shape index (κ3) is 5.74. The molecule has 0 spiro atoms. The van der Waals surface area contributed by atoms with E-state index in [1.165, 1.54) is 5.56 Å². The van der Waals surface area contributed by atoms with E-state index in [2.05, 4.69) is 47.8 Å². The molecule has 0 unspecified atom stereocenters. The van der Waals surface area contributed by atoms with Gasteiger partial charge in [0.25, 0.3) is 0 Å². The number of hydrogen-bond donors (Lipinski definition) is 0. The van der Waals surface area contributed by atoms with Crippen molar-refractivity contribution >= 4 is 11.4 Å². The Hall–Kier alpha value is -2.22. The molecule has 110 valence electrons. The Morgan fingerprint density at radius 1 is 1.24 bits per heavy atom. The maximum atomic E-state index is 4.48. The summed E-state index contributed by atoms with van der Waals surface area (Å²) in [4.78, 5) is 8.48. The van der Waals surface area contributed by atoms with Crippen LogP contribution >= 0.6 is 0 Å². The van der Waals surface area contributed by atoms with Crippen LogP contribution in [0.3, 0.4) is 0 Å². The summed E-state index contributed by atoms with van der Waals surface area (Å²) in [6.45, 7) is 13.8. The van der Waals surface area contributed by atoms with Crippen molar-refractivity contribution in [2.45, 2.75) is 34.6 Å². The summed E-state index contributed by atoms with van der Waals surface area (Å²) in [6, 6.07) is 8.28. The van der Waals surface area contributed by atoms with Crippen LogP contribution in [-0.4, -0.2) is 11.4 Å². The monoisotopic (exact) mass is 280 g/mol. The van der Waals surface area contributed by atoms with Crippen LogP contribution in [0.5, 0.6) is 0 Å². The predicted molar refractivity (Wildman–Crippen MR) is 94.2 cm³/mol. The summed E-state index contributed by atoms with van der Waals surface area (Å²) in [6.07, 6.45) is 5.83. The molecule has 1 aliphatic heterocycles. The van der Waals surface area contributed by atoms with E-state index in [0.717, 1.165) is 28.4 Å². The van der Waals surface area contributed by atoms with E-state index in [4.69, 9.17) is 0 Å². The van der Waals surface area contributed by atoms with Gasteiger partial charge in [0.1, 0.15) is 0 Å². The van der Waals surface area contributed by atoms with Crippen LogP contribution in [0.25, 0.3) is 0 Å². The van der Waals surface area contributed by atoms with E-state index < -0.39 is 0 Å². The Balaban J connectivity index is 0.000000304. The van der Waals surface area contributed by atoms with Gasteiger partial charge in [-0.25, -0.2) is 0 Å². The molecule has 0 fully saturated rings. The molecule has 1 aliphatic rings. The predicted octanol–water partition coefficient (Wildman–Crippen LogP) is 5.26. The van der Waals surface area contributed by atoms with Gasteiger partial charge in [-0.2, -0.15) is 0 Å². The van der Waals surface area contributed by atoms with Crippen molar-refractivity contribution in [3.05, 3.63) is 71.6 Å². The first-order valence-electron chi connectivity index (χ1n) is 7.11. The van der Waals surface area contributed by atoms with Crippen molar-refractivity contribution in [3.8, 4) is 0 Å². The number of aryl methyl sites for hydroxylation is 1. The molecule has 0 saturated carbocycles. The highest BCUT2D eigenvalue weighted by molar-refractivity contribution is 6.08. The number of rotatable bonds is 3. The number of benzene rings is 1. The third-order valence-corrected chi connectivity index (χ3v) is 2.99. The summed E-state index contributed by atoms with van der Waals surface area (Å²) < 4.78 is 0. The molecule has 0 N–H and O–H groups in total. The van der Waals surface area contributed by atoms with E-state index in [0.29, 0.717) is 0 Å². The highest BCUT2D eigenvalue weighted by atomic mass is 14.8. The molecule has 1 aromatic rings. The van der Waals surface area contributed by atoms with E-state index in [-0.39, 0.29) is 0 Å². The Kier molecular flexibility index (Phi) is 6.54. The van der Waals surface area contributed by atoms with E-state index in [9.17, 15) is 0 Å². The lowest BCUT2D eigenvalue weighted by Gasteiger charge is -2.03. The Morgan fingerprint density at radius 3 is 2.29 bits per heavy atom. The van der Waals surface area contributed by atoms with Crippen molar-refractivity contribution in [2.75, 3.05) is 0 Å². The zero-order chi connectivity index (χ0) is 15.8. The Morgan fingerprint density at radius 2 is 1.90 bits per heavy atom. The first kappa shape index (κ1) is 16.8. The van der Waals surface area contributed by atoms with Crippen LogP contribution < -0.4 is 0 Å². The Bertz CT molecular complexity index is 607. The van der Waals surface area contributed by atoms with Crippen LogP contribution in [0.15, 0.2) is 70.5 Å². The van der Waals surface area contributed by atoms with Crippen LogP contribution in [0.4, 0.5) is 0 Å². The lowest BCUT2D eigenvalue weighted by molar-refractivity contribution is 1.25. The molecule has 0 aliphatic carbocycles. The van der Waals surface area contributed by atoms with Gasteiger partial charge in [-0.05, 0) is 52.8 Å². The van der Waals surface area contributed by atoms with E-state index in [1.807, 2.05) is 39.8 Å². The molecule has 0 saturated heterocycles. The molecule has 2 nitrogen and oxygen atoms in total. The molecule has 1 heterocycles. The van der Waals surface area contributed by atoms with Gasteiger partial charge in [-0.15, -0.1) is 0 Å². The second-order valence-corrected chi connectivity index (χ2v) is 5.04. The average molecular weight is 280 g/mol. The molecule has 21 heavy (non-hydrogen) atoms. The van der Waals surface area contributed by atoms with Gasteiger partial charge in [-0.1, -0.05) is 36.4 Å². The second-order valence-electron chi connectivity index (χ2n) is 5.04. The topological polar surface area (TPSA) is 24.7 Å². The highest BCUT2D eigenvalue weighted by Crippen LogP contribution is 2.08. The standard InChI is InChI=1S/C14H17N.C5H7N/c1-5-12(4)15-14(6-2)13-9-7-8-11(3)10-13;1-4-3-5(2)6-4/h5-10H,2H2,1,3-4H3;3H,1-2H3/b12-5-,15-14?;. The van der Waals surface area contributed by atoms with Gasteiger partial charge in [0, 0.05) is 22.7 Å². The van der Waals surface area contributed by atoms with Crippen molar-refractivity contribution in [3.63, 3.8) is 0 Å². The smallest absolute Gasteiger partial charge is 0.0699 e. The van der Waals surface area contributed by atoms with E-state index in [1.54, 1.807) is 6.08 Å². The molecule has 1 aromatic carbocycles. The summed E-state index contributed by atoms with van der Waals surface area (Å²) in [5, 5.41) is 0. The zero-order valence-corrected chi connectivity index (χ0v) is 13.6. The zero-order valence-electron chi connectivity index (χ0n) is 13.6. The maximum Gasteiger partial charge on any atom is 0.0699 e. The number of aliphatic imine (C=N–C) groups is 2. The lowest BCUT2D eigenvalue weighted by Crippen LogP contribution is -1.96. The number of allylic oxidation sites excluding steroid dienone is 5. The molecule has 0 aromatic heterocycles. The van der Waals surface area contributed by atoms with Gasteiger partial charge in [0.05, 0.1) is 5.71 Å². The second kappa shape index (κ2) is 8.15. The number of nitrogens with zero attached hydrogens (tertiary/aromatic N) is 2. The first-order chi connectivity index (χ1) is 9.96. The van der Waals surface area contributed by atoms with Crippen molar-refractivity contribution in [1.82, 2.24) is 0 Å². The fourth-order valence-corrected chi connectivity index (χ4v) is 1.87. The van der Waals surface area contributed by atoms with Gasteiger partial charge in [-0.3, -0.25) is 9.98 Å². The summed E-state index contributed by atoms with van der Waals surface area (Å²) >= 11 is 0. The van der Waals surface area contributed by atoms with Gasteiger partial charge >= 0.3 is 0 Å². The molecule has 2 rings (SSSR count). The largest absolute Gasteiger partial charge is 0.258 e. The molecule has 0 bridgehead atoms. The van der Waals surface area contributed by atoms with Crippen LogP contribution in [-0.2, 0) is 0 Å². The van der Waals surface area contributed by atoms with Gasteiger partial charge < -0.3 is 0 Å². The van der Waals surface area contributed by atoms with Crippen LogP contribution in [0, 0.1) is 6.92 Å². The number of hydrogen-bond acceptors (Lipinski definition) is 2. The fourth-order valence-electron chi connectivity index (χ4n) is 1.87. The lowest BCUT2D eigenvalue weighted by atomic mass is 10.1. The molecular weight excluding hydrogens is 256 g/mol. The molecule has 0 amide bonds. The van der Waals surface area contributed by atoms with Crippen molar-refractivity contribution in [2.24, 2.45) is 9.98 Å². The summed E-state index contributed by atoms with van der Waals surface area (Å²) in [7, 11) is 0.